The van der Waals surface area contributed by atoms with Gasteiger partial charge in [-0.1, -0.05) is 6.92 Å². The minimum absolute atomic E-state index is 0.0487. The lowest BCUT2D eigenvalue weighted by atomic mass is 10.3. The molecule has 1 aliphatic heterocycles. The summed E-state index contributed by atoms with van der Waals surface area (Å²) in [6.07, 6.45) is 3.59. The molecule has 82 valence electrons. The Morgan fingerprint density at radius 2 is 2.33 bits per heavy atom. The van der Waals surface area contributed by atoms with E-state index >= 15 is 0 Å². The normalized spacial score (nSPS) is 17.3. The molecule has 0 radical (unpaired) electrons. The van der Waals surface area contributed by atoms with Crippen LogP contribution in [0.15, 0.2) is 6.20 Å². The summed E-state index contributed by atoms with van der Waals surface area (Å²) in [5, 5.41) is 0. The third-order valence-electron chi connectivity index (χ3n) is 2.67. The van der Waals surface area contributed by atoms with Gasteiger partial charge in [0, 0.05) is 26.6 Å². The van der Waals surface area contributed by atoms with Crippen molar-refractivity contribution in [1.82, 2.24) is 14.9 Å². The predicted octanol–water partition coefficient (Wildman–Crippen LogP) is 1.23. The van der Waals surface area contributed by atoms with Gasteiger partial charge in [-0.3, -0.25) is 4.90 Å². The van der Waals surface area contributed by atoms with Gasteiger partial charge in [0.2, 0.25) is 0 Å². The second kappa shape index (κ2) is 3.92. The Morgan fingerprint density at radius 3 is 3.00 bits per heavy atom. The van der Waals surface area contributed by atoms with E-state index in [1.807, 2.05) is 14.0 Å². The molecule has 1 aliphatic rings. The number of aromatic amines is 1. The van der Waals surface area contributed by atoms with Crippen LogP contribution in [0, 0.1) is 0 Å². The molecule has 2 rings (SSSR count). The highest BCUT2D eigenvalue weighted by Crippen LogP contribution is 2.16. The standard InChI is InChI=1S/C10H16N4O/c1-3-8-11-7-9(12-8)14-6-4-5-13(2)10(14)15/h7H,3-6H2,1-2H3,(H,11,12). The average Bonchev–Trinajstić information content (AvgIpc) is 2.70. The highest BCUT2D eigenvalue weighted by molar-refractivity contribution is 5.91. The first-order valence-corrected chi connectivity index (χ1v) is 5.29. The summed E-state index contributed by atoms with van der Waals surface area (Å²) < 4.78 is 0. The smallest absolute Gasteiger partial charge is 0.325 e. The van der Waals surface area contributed by atoms with Crippen LogP contribution in [0.1, 0.15) is 19.2 Å². The topological polar surface area (TPSA) is 52.2 Å². The molecule has 2 heterocycles. The van der Waals surface area contributed by atoms with Gasteiger partial charge in [0.1, 0.15) is 11.6 Å². The summed E-state index contributed by atoms with van der Waals surface area (Å²) in [5.41, 5.74) is 0. The first-order chi connectivity index (χ1) is 7.22. The second-order valence-electron chi connectivity index (χ2n) is 3.78. The zero-order valence-electron chi connectivity index (χ0n) is 9.16. The number of rotatable bonds is 2. The molecule has 0 aromatic carbocycles. The van der Waals surface area contributed by atoms with Gasteiger partial charge in [0.05, 0.1) is 6.20 Å². The molecule has 1 aromatic heterocycles. The van der Waals surface area contributed by atoms with E-state index in [1.165, 1.54) is 0 Å². The molecule has 5 heteroatoms. The lowest BCUT2D eigenvalue weighted by Gasteiger charge is -2.32. The number of H-pyrrole nitrogens is 1. The van der Waals surface area contributed by atoms with Crippen molar-refractivity contribution in [3.05, 3.63) is 12.0 Å². The Hall–Kier alpha value is -1.52. The van der Waals surface area contributed by atoms with E-state index < -0.39 is 0 Å². The molecule has 0 atom stereocenters. The Bertz CT molecular complexity index is 360. The molecule has 2 amide bonds. The second-order valence-corrected chi connectivity index (χ2v) is 3.78. The Kier molecular flexibility index (Phi) is 2.62. The first-order valence-electron chi connectivity index (χ1n) is 5.29. The van der Waals surface area contributed by atoms with Crippen molar-refractivity contribution < 1.29 is 4.79 Å². The van der Waals surface area contributed by atoms with E-state index in [1.54, 1.807) is 16.0 Å². The third kappa shape index (κ3) is 1.82. The molecule has 1 fully saturated rings. The van der Waals surface area contributed by atoms with Crippen LogP contribution in [0.25, 0.3) is 0 Å². The fourth-order valence-corrected chi connectivity index (χ4v) is 1.76. The summed E-state index contributed by atoms with van der Waals surface area (Å²) in [6, 6.07) is 0.0487. The maximum absolute atomic E-state index is 11.8. The quantitative estimate of drug-likeness (QED) is 0.794. The molecule has 0 spiro atoms. The summed E-state index contributed by atoms with van der Waals surface area (Å²) in [7, 11) is 1.82. The van der Waals surface area contributed by atoms with Gasteiger partial charge in [-0.05, 0) is 6.42 Å². The molecular weight excluding hydrogens is 192 g/mol. The van der Waals surface area contributed by atoms with Crippen molar-refractivity contribution in [3.63, 3.8) is 0 Å². The van der Waals surface area contributed by atoms with E-state index in [0.717, 1.165) is 37.6 Å². The monoisotopic (exact) mass is 208 g/mol. The molecule has 1 N–H and O–H groups in total. The highest BCUT2D eigenvalue weighted by atomic mass is 16.2. The Labute approximate surface area is 89.1 Å². The van der Waals surface area contributed by atoms with Crippen molar-refractivity contribution >= 4 is 11.8 Å². The minimum Gasteiger partial charge on any atom is -0.328 e. The average molecular weight is 208 g/mol. The van der Waals surface area contributed by atoms with Gasteiger partial charge >= 0.3 is 6.03 Å². The van der Waals surface area contributed by atoms with Gasteiger partial charge in [0.25, 0.3) is 0 Å². The summed E-state index contributed by atoms with van der Waals surface area (Å²) in [4.78, 5) is 22.7. The fraction of sp³-hybridized carbons (Fsp3) is 0.600. The van der Waals surface area contributed by atoms with E-state index in [2.05, 4.69) is 9.97 Å². The molecule has 1 saturated heterocycles. The number of imidazole rings is 1. The summed E-state index contributed by atoms with van der Waals surface area (Å²) >= 11 is 0. The molecule has 0 unspecified atom stereocenters. The molecule has 15 heavy (non-hydrogen) atoms. The highest BCUT2D eigenvalue weighted by Gasteiger charge is 2.24. The van der Waals surface area contributed by atoms with Crippen LogP contribution in [0.2, 0.25) is 0 Å². The van der Waals surface area contributed by atoms with Crippen LogP contribution in [0.3, 0.4) is 0 Å². The maximum atomic E-state index is 11.8. The molecular formula is C10H16N4O. The summed E-state index contributed by atoms with van der Waals surface area (Å²) in [5.74, 6) is 1.73. The van der Waals surface area contributed by atoms with E-state index in [4.69, 9.17) is 0 Å². The largest absolute Gasteiger partial charge is 0.328 e. The van der Waals surface area contributed by atoms with Gasteiger partial charge in [0.15, 0.2) is 0 Å². The minimum atomic E-state index is 0.0487. The third-order valence-corrected chi connectivity index (χ3v) is 2.67. The Morgan fingerprint density at radius 1 is 1.53 bits per heavy atom. The van der Waals surface area contributed by atoms with E-state index in [-0.39, 0.29) is 6.03 Å². The zero-order chi connectivity index (χ0) is 10.8. The van der Waals surface area contributed by atoms with Crippen molar-refractivity contribution in [2.24, 2.45) is 0 Å². The first kappa shape index (κ1) is 10.0. The number of aryl methyl sites for hydroxylation is 1. The van der Waals surface area contributed by atoms with Crippen molar-refractivity contribution in [2.75, 3.05) is 25.0 Å². The number of nitrogens with one attached hydrogen (secondary N) is 1. The number of nitrogens with zero attached hydrogens (tertiary/aromatic N) is 3. The summed E-state index contributed by atoms with van der Waals surface area (Å²) in [6.45, 7) is 3.64. The van der Waals surface area contributed by atoms with Crippen molar-refractivity contribution in [3.8, 4) is 0 Å². The van der Waals surface area contributed by atoms with E-state index in [0.29, 0.717) is 0 Å². The lowest BCUT2D eigenvalue weighted by molar-refractivity contribution is 0.207. The molecule has 0 saturated carbocycles. The number of urea groups is 1. The number of aromatic nitrogens is 2. The zero-order valence-corrected chi connectivity index (χ0v) is 9.16. The van der Waals surface area contributed by atoms with Crippen LogP contribution in [-0.2, 0) is 6.42 Å². The number of amides is 2. The SMILES string of the molecule is CCc1ncc(N2CCCN(C)C2=O)[nH]1. The van der Waals surface area contributed by atoms with E-state index in [9.17, 15) is 4.79 Å². The van der Waals surface area contributed by atoms with Crippen LogP contribution in [0.5, 0.6) is 0 Å². The molecule has 1 aromatic rings. The van der Waals surface area contributed by atoms with Gasteiger partial charge < -0.3 is 9.88 Å². The molecule has 0 bridgehead atoms. The predicted molar refractivity (Wildman–Crippen MR) is 58.0 cm³/mol. The number of hydrogen-bond acceptors (Lipinski definition) is 2. The van der Waals surface area contributed by atoms with Crippen LogP contribution < -0.4 is 4.90 Å². The van der Waals surface area contributed by atoms with Gasteiger partial charge in [-0.15, -0.1) is 0 Å². The fourth-order valence-electron chi connectivity index (χ4n) is 1.76. The van der Waals surface area contributed by atoms with Crippen molar-refractivity contribution in [2.45, 2.75) is 19.8 Å². The number of carbonyl (C=O) groups is 1. The van der Waals surface area contributed by atoms with Gasteiger partial charge in [-0.2, -0.15) is 0 Å². The van der Waals surface area contributed by atoms with Gasteiger partial charge in [-0.25, -0.2) is 9.78 Å². The number of carbonyl (C=O) groups excluding carboxylic acids is 1. The lowest BCUT2D eigenvalue weighted by Crippen LogP contribution is -2.47. The maximum Gasteiger partial charge on any atom is 0.325 e. The van der Waals surface area contributed by atoms with Crippen LogP contribution in [-0.4, -0.2) is 41.0 Å². The van der Waals surface area contributed by atoms with Crippen LogP contribution in [0.4, 0.5) is 10.6 Å². The number of anilines is 1. The van der Waals surface area contributed by atoms with Crippen molar-refractivity contribution in [1.29, 1.82) is 0 Å². The Balaban J connectivity index is 2.18. The van der Waals surface area contributed by atoms with Crippen LogP contribution >= 0.6 is 0 Å². The number of hydrogen-bond donors (Lipinski definition) is 1. The molecule has 5 nitrogen and oxygen atoms in total. The molecule has 0 aliphatic carbocycles.